The number of Topliss-reactive ketones (excluding diaryl/α,β-unsaturated/α-hetero) is 1. The van der Waals surface area contributed by atoms with Gasteiger partial charge in [-0.25, -0.2) is 4.52 Å². The number of pyridine rings is 1. The van der Waals surface area contributed by atoms with Gasteiger partial charge < -0.3 is 10.6 Å². The molecule has 1 fully saturated rings. The van der Waals surface area contributed by atoms with Crippen molar-refractivity contribution >= 4 is 17.2 Å². The molecule has 0 unspecified atom stereocenters. The normalized spacial score (nSPS) is 17.9. The third kappa shape index (κ3) is 5.07. The first-order valence-electron chi connectivity index (χ1n) is 11.3. The van der Waals surface area contributed by atoms with Crippen molar-refractivity contribution in [2.75, 3.05) is 0 Å². The van der Waals surface area contributed by atoms with Gasteiger partial charge in [0, 0.05) is 35.3 Å². The van der Waals surface area contributed by atoms with Gasteiger partial charge in [-0.1, -0.05) is 30.3 Å². The topological polar surface area (TPSA) is 75.5 Å². The van der Waals surface area contributed by atoms with E-state index in [0.717, 1.165) is 29.5 Å². The molecular formula is C26H32N4O2. The summed E-state index contributed by atoms with van der Waals surface area (Å²) in [6.07, 6.45) is 6.26. The molecule has 1 saturated heterocycles. The van der Waals surface area contributed by atoms with Crippen LogP contribution in [0.15, 0.2) is 54.9 Å². The highest BCUT2D eigenvalue weighted by molar-refractivity contribution is 6.01. The van der Waals surface area contributed by atoms with E-state index in [1.165, 1.54) is 0 Å². The van der Waals surface area contributed by atoms with Crippen LogP contribution in [0.1, 0.15) is 73.2 Å². The summed E-state index contributed by atoms with van der Waals surface area (Å²) in [6.45, 7) is 8.69. The molecule has 2 N–H and O–H groups in total. The van der Waals surface area contributed by atoms with Gasteiger partial charge in [0.05, 0.1) is 17.3 Å². The second kappa shape index (κ2) is 8.51. The Kier molecular flexibility index (Phi) is 5.91. The number of carbonyl (C=O) groups excluding carboxylic acids is 2. The smallest absolute Gasteiger partial charge is 0.255 e. The fourth-order valence-electron chi connectivity index (χ4n) is 5.07. The Bertz CT molecular complexity index is 1120. The quantitative estimate of drug-likeness (QED) is 0.573. The zero-order valence-electron chi connectivity index (χ0n) is 19.3. The van der Waals surface area contributed by atoms with Crippen LogP contribution in [-0.2, 0) is 6.42 Å². The first-order chi connectivity index (χ1) is 15.1. The highest BCUT2D eigenvalue weighted by Crippen LogP contribution is 2.29. The van der Waals surface area contributed by atoms with Gasteiger partial charge in [0.15, 0.2) is 5.78 Å². The van der Waals surface area contributed by atoms with E-state index in [0.29, 0.717) is 18.4 Å². The van der Waals surface area contributed by atoms with E-state index >= 15 is 0 Å². The molecule has 0 radical (unpaired) electrons. The van der Waals surface area contributed by atoms with Crippen LogP contribution in [0.25, 0.3) is 5.52 Å². The standard InChI is InChI=1S/C26H32N4O2/c1-25(2)15-20(16-26(3,4)29-25)28-24(32)21-17-27-30-13-12-18(14-22(21)30)10-11-23(31)19-8-6-5-7-9-19/h5-9,12-14,17,20,29H,10-11,15-16H2,1-4H3,(H,28,32). The maximum atomic E-state index is 13.1. The third-order valence-electron chi connectivity index (χ3n) is 6.09. The number of piperidine rings is 1. The minimum Gasteiger partial charge on any atom is -0.349 e. The molecule has 0 spiro atoms. The number of aromatic nitrogens is 2. The SMILES string of the molecule is CC1(C)CC(NC(=O)c2cnn3ccc(CCC(=O)c4ccccc4)cc23)CC(C)(C)N1. The molecule has 6 nitrogen and oxygen atoms in total. The monoisotopic (exact) mass is 432 g/mol. The van der Waals surface area contributed by atoms with Crippen molar-refractivity contribution in [3.05, 3.63) is 71.5 Å². The molecule has 1 aliphatic rings. The molecule has 0 atom stereocenters. The van der Waals surface area contributed by atoms with Crippen LogP contribution in [0.2, 0.25) is 0 Å². The largest absolute Gasteiger partial charge is 0.349 e. The molecule has 32 heavy (non-hydrogen) atoms. The number of carbonyl (C=O) groups is 2. The number of nitrogens with zero attached hydrogens (tertiary/aromatic N) is 2. The molecule has 3 aromatic rings. The first kappa shape index (κ1) is 22.2. The van der Waals surface area contributed by atoms with E-state index in [2.05, 4.69) is 43.4 Å². The molecule has 0 bridgehead atoms. The van der Waals surface area contributed by atoms with Crippen molar-refractivity contribution in [3.8, 4) is 0 Å². The summed E-state index contributed by atoms with van der Waals surface area (Å²) >= 11 is 0. The Morgan fingerprint density at radius 3 is 2.47 bits per heavy atom. The molecule has 0 aliphatic carbocycles. The minimum absolute atomic E-state index is 0.0424. The lowest BCUT2D eigenvalue weighted by atomic mass is 9.79. The van der Waals surface area contributed by atoms with Gasteiger partial charge >= 0.3 is 0 Å². The average Bonchev–Trinajstić information content (AvgIpc) is 3.13. The molecule has 168 valence electrons. The van der Waals surface area contributed by atoms with E-state index < -0.39 is 0 Å². The van der Waals surface area contributed by atoms with Gasteiger partial charge in [0.1, 0.15) is 0 Å². The Morgan fingerprint density at radius 2 is 1.78 bits per heavy atom. The Labute approximate surface area is 189 Å². The highest BCUT2D eigenvalue weighted by Gasteiger charge is 2.38. The molecule has 4 rings (SSSR count). The van der Waals surface area contributed by atoms with Gasteiger partial charge in [-0.15, -0.1) is 0 Å². The van der Waals surface area contributed by atoms with Crippen molar-refractivity contribution in [2.45, 2.75) is 70.5 Å². The Balaban J connectivity index is 1.47. The van der Waals surface area contributed by atoms with Crippen LogP contribution in [0, 0.1) is 0 Å². The second-order valence-corrected chi connectivity index (χ2v) is 10.2. The third-order valence-corrected chi connectivity index (χ3v) is 6.09. The summed E-state index contributed by atoms with van der Waals surface area (Å²) in [5.74, 6) is 0.0177. The zero-order chi connectivity index (χ0) is 22.9. The first-order valence-corrected chi connectivity index (χ1v) is 11.3. The van der Waals surface area contributed by atoms with Crippen molar-refractivity contribution < 1.29 is 9.59 Å². The molecule has 0 saturated carbocycles. The molecular weight excluding hydrogens is 400 g/mol. The van der Waals surface area contributed by atoms with Crippen LogP contribution in [0.3, 0.4) is 0 Å². The van der Waals surface area contributed by atoms with Crippen molar-refractivity contribution in [2.24, 2.45) is 0 Å². The Hall–Kier alpha value is -2.99. The van der Waals surface area contributed by atoms with E-state index in [1.807, 2.05) is 48.7 Å². The minimum atomic E-state index is -0.101. The highest BCUT2D eigenvalue weighted by atomic mass is 16.1. The lowest BCUT2D eigenvalue weighted by Crippen LogP contribution is -2.62. The maximum absolute atomic E-state index is 13.1. The summed E-state index contributed by atoms with van der Waals surface area (Å²) < 4.78 is 1.72. The number of hydrogen-bond donors (Lipinski definition) is 2. The summed E-state index contributed by atoms with van der Waals surface area (Å²) in [6, 6.07) is 13.4. The number of benzene rings is 1. The molecule has 2 aromatic heterocycles. The number of hydrogen-bond acceptors (Lipinski definition) is 4. The second-order valence-electron chi connectivity index (χ2n) is 10.2. The molecule has 1 aliphatic heterocycles. The molecule has 1 amide bonds. The number of fused-ring (bicyclic) bond motifs is 1. The number of rotatable bonds is 6. The van der Waals surface area contributed by atoms with Gasteiger partial charge in [0.2, 0.25) is 0 Å². The van der Waals surface area contributed by atoms with Crippen molar-refractivity contribution in [1.82, 2.24) is 20.2 Å². The van der Waals surface area contributed by atoms with Crippen LogP contribution in [0.5, 0.6) is 0 Å². The fourth-order valence-corrected chi connectivity index (χ4v) is 5.07. The molecule has 3 heterocycles. The van der Waals surface area contributed by atoms with Crippen molar-refractivity contribution in [1.29, 1.82) is 0 Å². The van der Waals surface area contributed by atoms with Gasteiger partial charge in [-0.3, -0.25) is 9.59 Å². The van der Waals surface area contributed by atoms with Crippen LogP contribution >= 0.6 is 0 Å². The summed E-state index contributed by atoms with van der Waals surface area (Å²) in [7, 11) is 0. The summed E-state index contributed by atoms with van der Waals surface area (Å²) in [4.78, 5) is 25.6. The molecule has 1 aromatic carbocycles. The predicted octanol–water partition coefficient (Wildman–Crippen LogP) is 4.19. The summed E-state index contributed by atoms with van der Waals surface area (Å²) in [5, 5.41) is 11.2. The van der Waals surface area contributed by atoms with E-state index in [9.17, 15) is 9.59 Å². The lowest BCUT2D eigenvalue weighted by molar-refractivity contribution is 0.0874. The maximum Gasteiger partial charge on any atom is 0.255 e. The predicted molar refractivity (Wildman–Crippen MR) is 126 cm³/mol. The number of amides is 1. The van der Waals surface area contributed by atoms with E-state index in [1.54, 1.807) is 10.7 Å². The Morgan fingerprint density at radius 1 is 1.09 bits per heavy atom. The van der Waals surface area contributed by atoms with Gasteiger partial charge in [0.25, 0.3) is 5.91 Å². The van der Waals surface area contributed by atoms with Crippen LogP contribution in [0.4, 0.5) is 0 Å². The number of aryl methyl sites for hydroxylation is 1. The number of ketones is 1. The van der Waals surface area contributed by atoms with Crippen LogP contribution < -0.4 is 10.6 Å². The molecule has 6 heteroatoms. The fraction of sp³-hybridized carbons (Fsp3) is 0.423. The van der Waals surface area contributed by atoms with Crippen molar-refractivity contribution in [3.63, 3.8) is 0 Å². The van der Waals surface area contributed by atoms with Gasteiger partial charge in [-0.05, 0) is 64.7 Å². The zero-order valence-corrected chi connectivity index (χ0v) is 19.3. The summed E-state index contributed by atoms with van der Waals surface area (Å²) in [5.41, 5.74) is 2.99. The van der Waals surface area contributed by atoms with Gasteiger partial charge in [-0.2, -0.15) is 5.10 Å². The number of nitrogens with one attached hydrogen (secondary N) is 2. The van der Waals surface area contributed by atoms with E-state index in [4.69, 9.17) is 0 Å². The average molecular weight is 433 g/mol. The van der Waals surface area contributed by atoms with Crippen LogP contribution in [-0.4, -0.2) is 38.4 Å². The van der Waals surface area contributed by atoms with E-state index in [-0.39, 0.29) is 28.8 Å². The lowest BCUT2D eigenvalue weighted by Gasteiger charge is -2.46.